The third kappa shape index (κ3) is 2.85. The van der Waals surface area contributed by atoms with Gasteiger partial charge in [0.2, 0.25) is 11.0 Å². The SMILES string of the molecule is CSc1nnc2c(n1)OC(c1c[nH]c3ccccc13)Nc1ccc(Br)cc1-2. The number of hydrogen-bond acceptors (Lipinski definition) is 6. The minimum Gasteiger partial charge on any atom is -0.448 e. The second-order valence-corrected chi connectivity index (χ2v) is 7.76. The van der Waals surface area contributed by atoms with E-state index in [0.29, 0.717) is 16.7 Å². The van der Waals surface area contributed by atoms with Gasteiger partial charge < -0.3 is 15.0 Å². The number of hydrogen-bond donors (Lipinski definition) is 2. The van der Waals surface area contributed by atoms with Crippen molar-refractivity contribution in [1.82, 2.24) is 20.2 Å². The van der Waals surface area contributed by atoms with Gasteiger partial charge in [-0.15, -0.1) is 10.2 Å². The maximum atomic E-state index is 6.30. The Kier molecular flexibility index (Phi) is 4.02. The van der Waals surface area contributed by atoms with E-state index in [2.05, 4.69) is 47.5 Å². The molecule has 6 nitrogen and oxygen atoms in total. The minimum atomic E-state index is -0.409. The Morgan fingerprint density at radius 1 is 1.15 bits per heavy atom. The summed E-state index contributed by atoms with van der Waals surface area (Å²) in [4.78, 5) is 7.87. The average molecular weight is 440 g/mol. The number of aromatic nitrogens is 4. The zero-order valence-corrected chi connectivity index (χ0v) is 16.6. The number of thioether (sulfide) groups is 1. The summed E-state index contributed by atoms with van der Waals surface area (Å²) in [6.45, 7) is 0. The van der Waals surface area contributed by atoms with Gasteiger partial charge in [0, 0.05) is 38.4 Å². The highest BCUT2D eigenvalue weighted by molar-refractivity contribution is 9.10. The van der Waals surface area contributed by atoms with Gasteiger partial charge in [-0.25, -0.2) is 0 Å². The molecular formula is C19H14BrN5OS. The number of nitrogens with one attached hydrogen (secondary N) is 2. The van der Waals surface area contributed by atoms with Crippen molar-refractivity contribution in [3.8, 4) is 17.1 Å². The third-order valence-corrected chi connectivity index (χ3v) is 5.51. The predicted molar refractivity (Wildman–Crippen MR) is 110 cm³/mol. The molecule has 0 radical (unpaired) electrons. The van der Waals surface area contributed by atoms with Crippen LogP contribution >= 0.6 is 27.7 Å². The fourth-order valence-electron chi connectivity index (χ4n) is 3.21. The highest BCUT2D eigenvalue weighted by Gasteiger charge is 2.27. The van der Waals surface area contributed by atoms with Gasteiger partial charge in [0.15, 0.2) is 11.9 Å². The lowest BCUT2D eigenvalue weighted by molar-refractivity contribution is 0.226. The summed E-state index contributed by atoms with van der Waals surface area (Å²) in [5, 5.41) is 13.7. The average Bonchev–Trinajstić information content (AvgIpc) is 3.06. The van der Waals surface area contributed by atoms with Gasteiger partial charge in [-0.05, 0) is 30.5 Å². The quantitative estimate of drug-likeness (QED) is 0.427. The Morgan fingerprint density at radius 2 is 2.04 bits per heavy atom. The van der Waals surface area contributed by atoms with Crippen molar-refractivity contribution in [2.24, 2.45) is 0 Å². The fourth-order valence-corrected chi connectivity index (χ4v) is 3.87. The molecule has 0 fully saturated rings. The molecule has 1 atom stereocenters. The second-order valence-electron chi connectivity index (χ2n) is 6.07. The van der Waals surface area contributed by atoms with E-state index in [4.69, 9.17) is 4.74 Å². The maximum absolute atomic E-state index is 6.30. The van der Waals surface area contributed by atoms with Crippen LogP contribution in [0.2, 0.25) is 0 Å². The van der Waals surface area contributed by atoms with Gasteiger partial charge in [0.1, 0.15) is 0 Å². The number of benzene rings is 2. The van der Waals surface area contributed by atoms with Gasteiger partial charge in [0.05, 0.1) is 0 Å². The molecule has 2 aromatic carbocycles. The van der Waals surface area contributed by atoms with Crippen LogP contribution in [0.4, 0.5) is 5.69 Å². The zero-order chi connectivity index (χ0) is 18.4. The number of anilines is 1. The van der Waals surface area contributed by atoms with Crippen LogP contribution in [0, 0.1) is 0 Å². The first-order chi connectivity index (χ1) is 13.2. The molecule has 134 valence electrons. The first-order valence-corrected chi connectivity index (χ1v) is 10.3. The number of nitrogens with zero attached hydrogens (tertiary/aromatic N) is 3. The molecule has 0 amide bonds. The summed E-state index contributed by atoms with van der Waals surface area (Å²) >= 11 is 4.97. The normalized spacial score (nSPS) is 15.4. The minimum absolute atomic E-state index is 0.409. The summed E-state index contributed by atoms with van der Waals surface area (Å²) in [5.74, 6) is 0.467. The Morgan fingerprint density at radius 3 is 2.93 bits per heavy atom. The molecule has 1 aliphatic heterocycles. The lowest BCUT2D eigenvalue weighted by Gasteiger charge is -2.18. The van der Waals surface area contributed by atoms with Crippen molar-refractivity contribution in [3.05, 3.63) is 58.7 Å². The molecule has 8 heteroatoms. The molecule has 5 rings (SSSR count). The molecule has 3 heterocycles. The van der Waals surface area contributed by atoms with E-state index < -0.39 is 6.23 Å². The van der Waals surface area contributed by atoms with Crippen molar-refractivity contribution >= 4 is 44.3 Å². The fraction of sp³-hybridized carbons (Fsp3) is 0.105. The Hall–Kier alpha value is -2.58. The highest BCUT2D eigenvalue weighted by Crippen LogP contribution is 2.41. The molecule has 0 spiro atoms. The number of ether oxygens (including phenoxy) is 1. The monoisotopic (exact) mass is 439 g/mol. The molecule has 0 saturated heterocycles. The van der Waals surface area contributed by atoms with Crippen molar-refractivity contribution in [2.75, 3.05) is 11.6 Å². The van der Waals surface area contributed by atoms with Crippen LogP contribution in [0.25, 0.3) is 22.2 Å². The van der Waals surface area contributed by atoms with E-state index in [9.17, 15) is 0 Å². The van der Waals surface area contributed by atoms with Gasteiger partial charge in [-0.3, -0.25) is 0 Å². The number of fused-ring (bicyclic) bond motifs is 4. The van der Waals surface area contributed by atoms with Gasteiger partial charge in [0.25, 0.3) is 0 Å². The molecule has 2 N–H and O–H groups in total. The van der Waals surface area contributed by atoms with Crippen molar-refractivity contribution in [1.29, 1.82) is 0 Å². The molecule has 0 bridgehead atoms. The molecular weight excluding hydrogens is 426 g/mol. The van der Waals surface area contributed by atoms with E-state index in [0.717, 1.165) is 32.2 Å². The van der Waals surface area contributed by atoms with Gasteiger partial charge in [-0.1, -0.05) is 45.9 Å². The Balaban J connectivity index is 1.70. The van der Waals surface area contributed by atoms with E-state index in [1.165, 1.54) is 11.8 Å². The van der Waals surface area contributed by atoms with E-state index in [1.54, 1.807) is 0 Å². The molecule has 2 aromatic heterocycles. The topological polar surface area (TPSA) is 75.7 Å². The molecule has 0 saturated carbocycles. The maximum Gasteiger partial charge on any atom is 0.247 e. The van der Waals surface area contributed by atoms with Crippen molar-refractivity contribution < 1.29 is 4.74 Å². The number of para-hydroxylation sites is 1. The van der Waals surface area contributed by atoms with Crippen LogP contribution < -0.4 is 10.1 Å². The van der Waals surface area contributed by atoms with Crippen LogP contribution in [0.3, 0.4) is 0 Å². The molecule has 1 aliphatic rings. The number of rotatable bonds is 2. The van der Waals surface area contributed by atoms with E-state index in [1.807, 2.05) is 48.9 Å². The Bertz CT molecular complexity index is 1160. The second kappa shape index (κ2) is 6.54. The highest BCUT2D eigenvalue weighted by atomic mass is 79.9. The van der Waals surface area contributed by atoms with Crippen LogP contribution in [0.15, 0.2) is 58.3 Å². The summed E-state index contributed by atoms with van der Waals surface area (Å²) in [6, 6.07) is 14.1. The van der Waals surface area contributed by atoms with Crippen LogP contribution in [-0.4, -0.2) is 26.4 Å². The lowest BCUT2D eigenvalue weighted by Crippen LogP contribution is -2.16. The number of halogens is 1. The predicted octanol–water partition coefficient (Wildman–Crippen LogP) is 5.01. The summed E-state index contributed by atoms with van der Waals surface area (Å²) in [7, 11) is 0. The zero-order valence-electron chi connectivity index (χ0n) is 14.2. The Labute approximate surface area is 167 Å². The third-order valence-electron chi connectivity index (χ3n) is 4.47. The van der Waals surface area contributed by atoms with Crippen LogP contribution in [0.5, 0.6) is 5.88 Å². The van der Waals surface area contributed by atoms with Crippen molar-refractivity contribution in [2.45, 2.75) is 11.4 Å². The standard InChI is InChI=1S/C19H14BrN5OS/c1-27-19-23-18-16(24-25-19)12-8-10(20)6-7-15(12)22-17(26-18)13-9-21-14-5-3-2-4-11(13)14/h2-9,17,21-22H,1H3. The summed E-state index contributed by atoms with van der Waals surface area (Å²) < 4.78 is 7.25. The molecule has 0 aliphatic carbocycles. The van der Waals surface area contributed by atoms with Crippen LogP contribution in [0.1, 0.15) is 11.8 Å². The first kappa shape index (κ1) is 16.6. The lowest BCUT2D eigenvalue weighted by atomic mass is 10.1. The van der Waals surface area contributed by atoms with E-state index >= 15 is 0 Å². The number of aromatic amines is 1. The van der Waals surface area contributed by atoms with Crippen LogP contribution in [-0.2, 0) is 0 Å². The first-order valence-electron chi connectivity index (χ1n) is 8.31. The molecule has 4 aromatic rings. The van der Waals surface area contributed by atoms with Gasteiger partial charge in [-0.2, -0.15) is 4.98 Å². The van der Waals surface area contributed by atoms with Crippen molar-refractivity contribution in [3.63, 3.8) is 0 Å². The van der Waals surface area contributed by atoms with Gasteiger partial charge >= 0.3 is 0 Å². The summed E-state index contributed by atoms with van der Waals surface area (Å²) in [6.07, 6.45) is 3.48. The number of H-pyrrole nitrogens is 1. The van der Waals surface area contributed by atoms with E-state index in [-0.39, 0.29) is 0 Å². The molecule has 1 unspecified atom stereocenters. The smallest absolute Gasteiger partial charge is 0.247 e. The molecule has 27 heavy (non-hydrogen) atoms. The summed E-state index contributed by atoms with van der Waals surface area (Å²) in [5.41, 5.74) is 4.51. The largest absolute Gasteiger partial charge is 0.448 e.